The first-order valence-electron chi connectivity index (χ1n) is 9.09. The largest absolute Gasteiger partial charge is 0.493 e. The number of hydrogen-bond acceptors (Lipinski definition) is 6. The molecule has 0 radical (unpaired) electrons. The number of nitrogens with two attached hydrogens (primary N) is 1. The van der Waals surface area contributed by atoms with Gasteiger partial charge in [0.2, 0.25) is 0 Å². The number of nitrogens with one attached hydrogen (secondary N) is 1. The summed E-state index contributed by atoms with van der Waals surface area (Å²) in [7, 11) is 1.40. The van der Waals surface area contributed by atoms with Gasteiger partial charge in [-0.2, -0.15) is 0 Å². The molecule has 1 aliphatic rings. The van der Waals surface area contributed by atoms with Crippen molar-refractivity contribution in [2.75, 3.05) is 18.6 Å². The molecule has 0 saturated carbocycles. The molecule has 9 nitrogen and oxygen atoms in total. The highest BCUT2D eigenvalue weighted by molar-refractivity contribution is 14.1. The van der Waals surface area contributed by atoms with Crippen LogP contribution >= 0.6 is 34.2 Å². The number of imide groups is 2. The van der Waals surface area contributed by atoms with E-state index in [1.54, 1.807) is 31.2 Å². The Morgan fingerprint density at radius 2 is 2.00 bits per heavy atom. The zero-order chi connectivity index (χ0) is 23.6. The minimum absolute atomic E-state index is 0.257. The third kappa shape index (κ3) is 4.70. The average molecular weight is 570 g/mol. The Bertz CT molecular complexity index is 1180. The van der Waals surface area contributed by atoms with Crippen LogP contribution in [0.2, 0.25) is 5.02 Å². The lowest BCUT2D eigenvalue weighted by Crippen LogP contribution is -2.54. The summed E-state index contributed by atoms with van der Waals surface area (Å²) in [6.45, 7) is 1.32. The highest BCUT2D eigenvalue weighted by atomic mass is 127. The van der Waals surface area contributed by atoms with Gasteiger partial charge in [0.25, 0.3) is 17.7 Å². The number of hydrogen-bond donors (Lipinski definition) is 2. The van der Waals surface area contributed by atoms with E-state index in [0.29, 0.717) is 25.5 Å². The molecule has 0 spiro atoms. The molecule has 3 rings (SSSR count). The summed E-state index contributed by atoms with van der Waals surface area (Å²) < 4.78 is 11.2. The molecule has 1 saturated heterocycles. The number of benzene rings is 2. The molecular formula is C21H17ClIN3O6. The summed E-state index contributed by atoms with van der Waals surface area (Å²) >= 11 is 8.09. The fourth-order valence-electron chi connectivity index (χ4n) is 2.99. The minimum atomic E-state index is -0.870. The van der Waals surface area contributed by atoms with Gasteiger partial charge >= 0.3 is 6.03 Å². The second-order valence-electron chi connectivity index (χ2n) is 6.63. The molecule has 166 valence electrons. The summed E-state index contributed by atoms with van der Waals surface area (Å²) in [5.41, 5.74) is 6.08. The number of rotatable bonds is 6. The number of carbonyl (C=O) groups excluding carboxylic acids is 4. The van der Waals surface area contributed by atoms with Gasteiger partial charge in [-0.15, -0.1) is 0 Å². The van der Waals surface area contributed by atoms with Crippen LogP contribution in [-0.4, -0.2) is 37.5 Å². The molecule has 1 heterocycles. The van der Waals surface area contributed by atoms with Crippen molar-refractivity contribution < 1.29 is 28.7 Å². The number of anilines is 1. The first-order chi connectivity index (χ1) is 15.1. The number of urea groups is 1. The van der Waals surface area contributed by atoms with Gasteiger partial charge in [0.05, 0.1) is 16.4 Å². The molecule has 1 aliphatic heterocycles. The van der Waals surface area contributed by atoms with E-state index in [0.717, 1.165) is 4.90 Å². The second kappa shape index (κ2) is 9.57. The molecule has 2 aromatic rings. The van der Waals surface area contributed by atoms with Crippen molar-refractivity contribution in [1.82, 2.24) is 5.32 Å². The maximum Gasteiger partial charge on any atom is 0.335 e. The number of carbonyl (C=O) groups is 4. The van der Waals surface area contributed by atoms with Gasteiger partial charge < -0.3 is 15.2 Å². The molecule has 0 bridgehead atoms. The Kier molecular flexibility index (Phi) is 7.04. The van der Waals surface area contributed by atoms with Gasteiger partial charge in [-0.05, 0) is 71.0 Å². The number of ether oxygens (including phenoxy) is 2. The third-order valence-corrected chi connectivity index (χ3v) is 5.71. The SMILES string of the molecule is COc1cc(/C=C2\C(=O)NC(=O)N(c3cccc(Cl)c3C)C2=O)cc(I)c1OCC(N)=O. The third-order valence-electron chi connectivity index (χ3n) is 4.50. The highest BCUT2D eigenvalue weighted by Gasteiger charge is 2.37. The van der Waals surface area contributed by atoms with E-state index >= 15 is 0 Å². The first-order valence-corrected chi connectivity index (χ1v) is 10.5. The molecule has 2 aromatic carbocycles. The Morgan fingerprint density at radius 1 is 1.28 bits per heavy atom. The van der Waals surface area contributed by atoms with E-state index in [1.807, 2.05) is 22.6 Å². The quantitative estimate of drug-likeness (QED) is 0.313. The van der Waals surface area contributed by atoms with Crippen LogP contribution in [-0.2, 0) is 14.4 Å². The number of halogens is 2. The van der Waals surface area contributed by atoms with E-state index in [-0.39, 0.29) is 23.6 Å². The van der Waals surface area contributed by atoms with Crippen molar-refractivity contribution in [2.24, 2.45) is 5.73 Å². The monoisotopic (exact) mass is 569 g/mol. The van der Waals surface area contributed by atoms with Crippen molar-refractivity contribution in [3.05, 3.63) is 55.6 Å². The number of barbiturate groups is 1. The van der Waals surface area contributed by atoms with Gasteiger partial charge in [-0.3, -0.25) is 19.7 Å². The molecule has 0 aliphatic carbocycles. The number of nitrogens with zero attached hydrogens (tertiary/aromatic N) is 1. The molecule has 0 aromatic heterocycles. The summed E-state index contributed by atoms with van der Waals surface area (Å²) in [6.07, 6.45) is 1.33. The fraction of sp³-hybridized carbons (Fsp3) is 0.143. The predicted molar refractivity (Wildman–Crippen MR) is 126 cm³/mol. The fourth-order valence-corrected chi connectivity index (χ4v) is 3.94. The minimum Gasteiger partial charge on any atom is -0.493 e. The molecule has 3 N–H and O–H groups in total. The van der Waals surface area contributed by atoms with E-state index in [4.69, 9.17) is 26.8 Å². The molecular weight excluding hydrogens is 553 g/mol. The zero-order valence-corrected chi connectivity index (χ0v) is 19.8. The van der Waals surface area contributed by atoms with Crippen LogP contribution in [0.5, 0.6) is 11.5 Å². The molecule has 0 unspecified atom stereocenters. The Hall–Kier alpha value is -3.12. The van der Waals surface area contributed by atoms with Crippen molar-refractivity contribution in [1.29, 1.82) is 0 Å². The molecule has 32 heavy (non-hydrogen) atoms. The van der Waals surface area contributed by atoms with Crippen LogP contribution in [0, 0.1) is 10.5 Å². The Labute approximate surface area is 201 Å². The van der Waals surface area contributed by atoms with E-state index in [9.17, 15) is 19.2 Å². The van der Waals surface area contributed by atoms with Crippen LogP contribution in [0.25, 0.3) is 6.08 Å². The van der Waals surface area contributed by atoms with E-state index in [2.05, 4.69) is 5.32 Å². The lowest BCUT2D eigenvalue weighted by molar-refractivity contribution is -0.123. The lowest BCUT2D eigenvalue weighted by Gasteiger charge is -2.27. The topological polar surface area (TPSA) is 128 Å². The van der Waals surface area contributed by atoms with Gasteiger partial charge in [0.15, 0.2) is 18.1 Å². The maximum atomic E-state index is 13.1. The summed E-state index contributed by atoms with van der Waals surface area (Å²) in [6, 6.07) is 7.07. The zero-order valence-electron chi connectivity index (χ0n) is 16.9. The van der Waals surface area contributed by atoms with Crippen LogP contribution in [0.1, 0.15) is 11.1 Å². The van der Waals surface area contributed by atoms with Gasteiger partial charge in [-0.1, -0.05) is 17.7 Å². The van der Waals surface area contributed by atoms with Crippen molar-refractivity contribution in [2.45, 2.75) is 6.92 Å². The van der Waals surface area contributed by atoms with Crippen molar-refractivity contribution >= 4 is 69.7 Å². The van der Waals surface area contributed by atoms with E-state index < -0.39 is 23.8 Å². The van der Waals surface area contributed by atoms with Crippen LogP contribution in [0.15, 0.2) is 35.9 Å². The van der Waals surface area contributed by atoms with Crippen molar-refractivity contribution in [3.8, 4) is 11.5 Å². The normalized spacial score (nSPS) is 15.1. The van der Waals surface area contributed by atoms with E-state index in [1.165, 1.54) is 19.3 Å². The number of amides is 5. The van der Waals surface area contributed by atoms with Gasteiger partial charge in [0.1, 0.15) is 5.57 Å². The average Bonchev–Trinajstić information content (AvgIpc) is 2.72. The summed E-state index contributed by atoms with van der Waals surface area (Å²) in [5, 5.41) is 2.54. The molecule has 11 heteroatoms. The molecule has 0 atom stereocenters. The van der Waals surface area contributed by atoms with Crippen LogP contribution < -0.4 is 25.4 Å². The maximum absolute atomic E-state index is 13.1. The Morgan fingerprint density at radius 3 is 2.66 bits per heavy atom. The molecule has 1 fully saturated rings. The second-order valence-corrected chi connectivity index (χ2v) is 8.20. The van der Waals surface area contributed by atoms with Gasteiger partial charge in [0, 0.05) is 5.02 Å². The number of primary amides is 1. The summed E-state index contributed by atoms with van der Waals surface area (Å²) in [5.74, 6) is -1.72. The van der Waals surface area contributed by atoms with Crippen molar-refractivity contribution in [3.63, 3.8) is 0 Å². The predicted octanol–water partition coefficient (Wildman–Crippen LogP) is 2.79. The smallest absolute Gasteiger partial charge is 0.335 e. The summed E-state index contributed by atoms with van der Waals surface area (Å²) in [4.78, 5) is 49.9. The number of methoxy groups -OCH3 is 1. The molecule has 5 amide bonds. The Balaban J connectivity index is 2.03. The highest BCUT2D eigenvalue weighted by Crippen LogP contribution is 2.35. The van der Waals surface area contributed by atoms with Crippen LogP contribution in [0.4, 0.5) is 10.5 Å². The van der Waals surface area contributed by atoms with Gasteiger partial charge in [-0.25, -0.2) is 9.69 Å². The lowest BCUT2D eigenvalue weighted by atomic mass is 10.1. The first kappa shape index (κ1) is 23.5. The van der Waals surface area contributed by atoms with Crippen LogP contribution in [0.3, 0.4) is 0 Å². The standard InChI is InChI=1S/C21H17ClIN3O6/c1-10-13(22)4-3-5-15(10)26-20(29)12(19(28)25-21(26)30)6-11-7-14(23)18(16(8-11)31-2)32-9-17(24)27/h3-8H,9H2,1-2H3,(H2,24,27)(H,25,28,30)/b12-6+.